The number of rotatable bonds is 3. The monoisotopic (exact) mass is 311 g/mol. The summed E-state index contributed by atoms with van der Waals surface area (Å²) in [5, 5.41) is 3.12. The van der Waals surface area contributed by atoms with Crippen molar-refractivity contribution in [3.05, 3.63) is 63.6 Å². The van der Waals surface area contributed by atoms with Crippen molar-refractivity contribution in [1.29, 1.82) is 0 Å². The number of anilines is 1. The van der Waals surface area contributed by atoms with Crippen molar-refractivity contribution in [2.24, 2.45) is 0 Å². The molecule has 0 heterocycles. The lowest BCUT2D eigenvalue weighted by Crippen LogP contribution is -2.03. The topological polar surface area (TPSA) is 12.0 Å². The van der Waals surface area contributed by atoms with Crippen molar-refractivity contribution in [1.82, 2.24) is 0 Å². The largest absolute Gasteiger partial charge is 0.380 e. The Balaban J connectivity index is 2.14. The minimum absolute atomic E-state index is 0.314. The maximum atomic E-state index is 13.4. The number of aryl methyl sites for hydroxylation is 1. The summed E-state index contributed by atoms with van der Waals surface area (Å²) in [7, 11) is 0. The quantitative estimate of drug-likeness (QED) is 0.870. The summed E-state index contributed by atoms with van der Waals surface area (Å²) in [4.78, 5) is 0. The highest BCUT2D eigenvalue weighted by Crippen LogP contribution is 2.26. The molecular formula is C14H12BrF2N. The summed E-state index contributed by atoms with van der Waals surface area (Å²) in [6.45, 7) is 2.29. The second-order valence-electron chi connectivity index (χ2n) is 4.03. The van der Waals surface area contributed by atoms with E-state index in [0.717, 1.165) is 21.8 Å². The van der Waals surface area contributed by atoms with E-state index in [-0.39, 0.29) is 0 Å². The van der Waals surface area contributed by atoms with Gasteiger partial charge in [-0.3, -0.25) is 0 Å². The van der Waals surface area contributed by atoms with E-state index in [1.165, 1.54) is 12.1 Å². The molecule has 0 fully saturated rings. The maximum Gasteiger partial charge on any atom is 0.131 e. The van der Waals surface area contributed by atoms with Crippen LogP contribution in [0.3, 0.4) is 0 Å². The zero-order valence-corrected chi connectivity index (χ0v) is 11.4. The summed E-state index contributed by atoms with van der Waals surface area (Å²) in [5.74, 6) is -1.10. The van der Waals surface area contributed by atoms with Crippen LogP contribution in [-0.4, -0.2) is 0 Å². The Morgan fingerprint density at radius 3 is 2.67 bits per heavy atom. The first kappa shape index (κ1) is 13.0. The molecule has 0 spiro atoms. The van der Waals surface area contributed by atoms with Crippen LogP contribution < -0.4 is 5.32 Å². The molecule has 18 heavy (non-hydrogen) atoms. The lowest BCUT2D eigenvalue weighted by atomic mass is 10.2. The molecule has 0 atom stereocenters. The van der Waals surface area contributed by atoms with Gasteiger partial charge in [0, 0.05) is 28.3 Å². The van der Waals surface area contributed by atoms with Crippen LogP contribution in [0.1, 0.15) is 11.1 Å². The zero-order chi connectivity index (χ0) is 13.1. The second kappa shape index (κ2) is 5.48. The van der Waals surface area contributed by atoms with E-state index in [4.69, 9.17) is 0 Å². The molecule has 2 aromatic rings. The highest BCUT2D eigenvalue weighted by Gasteiger charge is 2.05. The van der Waals surface area contributed by atoms with Crippen LogP contribution in [-0.2, 0) is 6.54 Å². The molecule has 0 saturated heterocycles. The molecule has 0 amide bonds. The lowest BCUT2D eigenvalue weighted by molar-refractivity contribution is 0.574. The average Bonchev–Trinajstić information content (AvgIpc) is 2.33. The summed E-state index contributed by atoms with van der Waals surface area (Å²) in [6.07, 6.45) is 0. The van der Waals surface area contributed by atoms with Gasteiger partial charge in [0.15, 0.2) is 0 Å². The normalized spacial score (nSPS) is 10.4. The highest BCUT2D eigenvalue weighted by atomic mass is 79.9. The van der Waals surface area contributed by atoms with Crippen LogP contribution in [0.15, 0.2) is 40.9 Å². The Labute approximate surface area is 113 Å². The third kappa shape index (κ3) is 2.88. The van der Waals surface area contributed by atoms with Crippen LogP contribution in [0, 0.1) is 18.6 Å². The number of benzene rings is 2. The van der Waals surface area contributed by atoms with Gasteiger partial charge in [-0.2, -0.15) is 0 Å². The third-order valence-corrected chi connectivity index (χ3v) is 3.73. The van der Waals surface area contributed by atoms with Gasteiger partial charge in [-0.15, -0.1) is 0 Å². The van der Waals surface area contributed by atoms with Crippen LogP contribution in [0.4, 0.5) is 14.5 Å². The molecular weight excluding hydrogens is 300 g/mol. The van der Waals surface area contributed by atoms with Gasteiger partial charge in [-0.1, -0.05) is 18.2 Å². The van der Waals surface area contributed by atoms with Gasteiger partial charge in [-0.05, 0) is 40.5 Å². The first-order valence-electron chi connectivity index (χ1n) is 5.51. The first-order valence-corrected chi connectivity index (χ1v) is 6.30. The van der Waals surface area contributed by atoms with Gasteiger partial charge >= 0.3 is 0 Å². The molecule has 0 bridgehead atoms. The average molecular weight is 312 g/mol. The van der Waals surface area contributed by atoms with Gasteiger partial charge in [-0.25, -0.2) is 8.78 Å². The predicted octanol–water partition coefficient (Wildman–Crippen LogP) is 4.65. The SMILES string of the molecule is Cc1cccc(NCc2ccc(F)cc2F)c1Br. The summed E-state index contributed by atoms with van der Waals surface area (Å²) in [5.41, 5.74) is 2.42. The number of nitrogens with one attached hydrogen (secondary N) is 1. The van der Waals surface area contributed by atoms with Gasteiger partial charge < -0.3 is 5.32 Å². The van der Waals surface area contributed by atoms with E-state index in [9.17, 15) is 8.78 Å². The van der Waals surface area contributed by atoms with Gasteiger partial charge in [0.2, 0.25) is 0 Å². The van der Waals surface area contributed by atoms with Gasteiger partial charge in [0.25, 0.3) is 0 Å². The smallest absolute Gasteiger partial charge is 0.131 e. The molecule has 0 saturated carbocycles. The lowest BCUT2D eigenvalue weighted by Gasteiger charge is -2.10. The fraction of sp³-hybridized carbons (Fsp3) is 0.143. The first-order chi connectivity index (χ1) is 8.58. The number of hydrogen-bond acceptors (Lipinski definition) is 1. The zero-order valence-electron chi connectivity index (χ0n) is 9.81. The predicted molar refractivity (Wildman–Crippen MR) is 72.6 cm³/mol. The van der Waals surface area contributed by atoms with Crippen molar-refractivity contribution in [3.8, 4) is 0 Å². The summed E-state index contributed by atoms with van der Waals surface area (Å²) in [6, 6.07) is 9.39. The van der Waals surface area contributed by atoms with Crippen molar-refractivity contribution >= 4 is 21.6 Å². The molecule has 1 N–H and O–H groups in total. The minimum Gasteiger partial charge on any atom is -0.380 e. The van der Waals surface area contributed by atoms with Crippen LogP contribution in [0.2, 0.25) is 0 Å². The summed E-state index contributed by atoms with van der Waals surface area (Å²) >= 11 is 3.47. The van der Waals surface area contributed by atoms with Crippen molar-refractivity contribution in [2.45, 2.75) is 13.5 Å². The molecule has 2 aromatic carbocycles. The third-order valence-electron chi connectivity index (χ3n) is 2.68. The van der Waals surface area contributed by atoms with E-state index in [1.807, 2.05) is 25.1 Å². The van der Waals surface area contributed by atoms with Crippen LogP contribution in [0.25, 0.3) is 0 Å². The fourth-order valence-corrected chi connectivity index (χ4v) is 2.04. The van der Waals surface area contributed by atoms with Crippen molar-refractivity contribution in [3.63, 3.8) is 0 Å². The molecule has 2 rings (SSSR count). The molecule has 0 unspecified atom stereocenters. The van der Waals surface area contributed by atoms with Crippen molar-refractivity contribution in [2.75, 3.05) is 5.32 Å². The molecule has 0 aromatic heterocycles. The Morgan fingerprint density at radius 2 is 1.94 bits per heavy atom. The Morgan fingerprint density at radius 1 is 1.17 bits per heavy atom. The molecule has 0 radical (unpaired) electrons. The Bertz CT molecular complexity index is 570. The molecule has 0 aliphatic heterocycles. The number of hydrogen-bond donors (Lipinski definition) is 1. The van der Waals surface area contributed by atoms with E-state index in [2.05, 4.69) is 21.2 Å². The van der Waals surface area contributed by atoms with Crippen LogP contribution in [0.5, 0.6) is 0 Å². The molecule has 4 heteroatoms. The minimum atomic E-state index is -0.562. The Kier molecular flexibility index (Phi) is 3.97. The molecule has 94 valence electrons. The van der Waals surface area contributed by atoms with E-state index >= 15 is 0 Å². The molecule has 1 nitrogen and oxygen atoms in total. The van der Waals surface area contributed by atoms with Gasteiger partial charge in [0.05, 0.1) is 0 Å². The second-order valence-corrected chi connectivity index (χ2v) is 4.82. The Hall–Kier alpha value is -1.42. The number of halogens is 3. The summed E-state index contributed by atoms with van der Waals surface area (Å²) < 4.78 is 27.2. The molecule has 0 aliphatic carbocycles. The maximum absolute atomic E-state index is 13.4. The van der Waals surface area contributed by atoms with E-state index < -0.39 is 11.6 Å². The van der Waals surface area contributed by atoms with Crippen LogP contribution >= 0.6 is 15.9 Å². The van der Waals surface area contributed by atoms with E-state index in [0.29, 0.717) is 12.1 Å². The molecule has 0 aliphatic rings. The van der Waals surface area contributed by atoms with Gasteiger partial charge in [0.1, 0.15) is 11.6 Å². The standard InChI is InChI=1S/C14H12BrF2N/c1-9-3-2-4-13(14(9)15)18-8-10-5-6-11(16)7-12(10)17/h2-7,18H,8H2,1H3. The highest BCUT2D eigenvalue weighted by molar-refractivity contribution is 9.10. The van der Waals surface area contributed by atoms with Crippen molar-refractivity contribution < 1.29 is 8.78 Å². The van der Waals surface area contributed by atoms with E-state index in [1.54, 1.807) is 0 Å². The fourth-order valence-electron chi connectivity index (χ4n) is 1.64.